The van der Waals surface area contributed by atoms with Gasteiger partial charge in [0.15, 0.2) is 0 Å². The fourth-order valence-electron chi connectivity index (χ4n) is 3.17. The first-order valence-electron chi connectivity index (χ1n) is 10.6. The van der Waals surface area contributed by atoms with Gasteiger partial charge in [-0.2, -0.15) is 0 Å². The second-order valence-electron chi connectivity index (χ2n) is 7.85. The smallest absolute Gasteiger partial charge is 0.246 e. The van der Waals surface area contributed by atoms with E-state index in [1.165, 1.54) is 7.05 Å². The van der Waals surface area contributed by atoms with E-state index in [0.29, 0.717) is 0 Å². The molecule has 0 aromatic rings. The Labute approximate surface area is 201 Å². The van der Waals surface area contributed by atoms with Gasteiger partial charge in [-0.15, -0.1) is 0 Å². The Kier molecular flexibility index (Phi) is 11.5. The topological polar surface area (TPSA) is 258 Å². The van der Waals surface area contributed by atoms with Crippen LogP contribution in [0.5, 0.6) is 0 Å². The lowest BCUT2D eigenvalue weighted by Gasteiger charge is -2.36. The summed E-state index contributed by atoms with van der Waals surface area (Å²) in [5.41, 5.74) is 14.1. The molecule has 16 heteroatoms. The monoisotopic (exact) mass is 500 g/mol. The minimum atomic E-state index is -1.43. The molecule has 0 bridgehead atoms. The van der Waals surface area contributed by atoms with E-state index in [9.17, 15) is 33.6 Å². The lowest BCUT2D eigenvalue weighted by Crippen LogP contribution is -2.63. The Hall–Kier alpha value is -3.79. The zero-order chi connectivity index (χ0) is 26.6. The van der Waals surface area contributed by atoms with Crippen LogP contribution >= 0.6 is 0 Å². The molecule has 0 aliphatic carbocycles. The molecule has 0 radical (unpaired) electrons. The van der Waals surface area contributed by atoms with Crippen molar-refractivity contribution in [2.24, 2.45) is 17.2 Å². The fraction of sp³-hybridized carbons (Fsp3) is 0.632. The Balaban J connectivity index is 2.71. The summed E-state index contributed by atoms with van der Waals surface area (Å²) in [4.78, 5) is 84.4. The second kappa shape index (κ2) is 13.8. The van der Waals surface area contributed by atoms with Crippen LogP contribution in [0.25, 0.3) is 0 Å². The number of ether oxygens (including phenoxy) is 1. The van der Waals surface area contributed by atoms with Gasteiger partial charge in [0.05, 0.1) is 32.6 Å². The third-order valence-corrected chi connectivity index (χ3v) is 5.04. The zero-order valence-electron chi connectivity index (χ0n) is 19.4. The van der Waals surface area contributed by atoms with Gasteiger partial charge >= 0.3 is 0 Å². The maximum absolute atomic E-state index is 12.8. The molecular formula is C19H32N8O8. The van der Waals surface area contributed by atoms with Crippen molar-refractivity contribution in [2.75, 3.05) is 46.4 Å². The summed E-state index contributed by atoms with van der Waals surface area (Å²) in [6.07, 6.45) is -0.251. The predicted octanol–water partition coefficient (Wildman–Crippen LogP) is -5.85. The van der Waals surface area contributed by atoms with Gasteiger partial charge in [-0.1, -0.05) is 0 Å². The van der Waals surface area contributed by atoms with Gasteiger partial charge < -0.3 is 48.1 Å². The quantitative estimate of drug-likeness (QED) is 0.127. The molecule has 1 rings (SSSR count). The van der Waals surface area contributed by atoms with Crippen LogP contribution in [-0.2, 0) is 38.3 Å². The number of amides is 7. The van der Waals surface area contributed by atoms with E-state index < -0.39 is 72.4 Å². The van der Waals surface area contributed by atoms with E-state index >= 15 is 0 Å². The Morgan fingerprint density at radius 2 is 1.57 bits per heavy atom. The molecule has 35 heavy (non-hydrogen) atoms. The number of rotatable bonds is 13. The fourth-order valence-corrected chi connectivity index (χ4v) is 3.17. The molecule has 0 aromatic carbocycles. The molecule has 10 N–H and O–H groups in total. The number of hydrogen-bond donors (Lipinski definition) is 7. The summed E-state index contributed by atoms with van der Waals surface area (Å²) in [7, 11) is 1.30. The first kappa shape index (κ1) is 29.2. The van der Waals surface area contributed by atoms with Gasteiger partial charge in [0.2, 0.25) is 41.4 Å². The molecule has 1 saturated heterocycles. The summed E-state index contributed by atoms with van der Waals surface area (Å²) >= 11 is 0. The molecule has 1 atom stereocenters. The molecule has 0 saturated carbocycles. The highest BCUT2D eigenvalue weighted by Crippen LogP contribution is 2.21. The third kappa shape index (κ3) is 9.93. The van der Waals surface area contributed by atoms with Gasteiger partial charge in [-0.05, 0) is 0 Å². The Morgan fingerprint density at radius 1 is 0.943 bits per heavy atom. The molecule has 1 aliphatic rings. The third-order valence-electron chi connectivity index (χ3n) is 5.04. The minimum Gasteiger partial charge on any atom is -0.381 e. The van der Waals surface area contributed by atoms with Crippen molar-refractivity contribution in [1.29, 1.82) is 0 Å². The number of likely N-dealkylation sites (N-methyl/N-ethyl adjacent to an activating group) is 1. The Morgan fingerprint density at radius 3 is 2.11 bits per heavy atom. The van der Waals surface area contributed by atoms with Crippen LogP contribution in [0.3, 0.4) is 0 Å². The van der Waals surface area contributed by atoms with Gasteiger partial charge in [0.25, 0.3) is 0 Å². The second-order valence-corrected chi connectivity index (χ2v) is 7.85. The van der Waals surface area contributed by atoms with Crippen LogP contribution in [0.1, 0.15) is 19.3 Å². The largest absolute Gasteiger partial charge is 0.381 e. The van der Waals surface area contributed by atoms with Crippen molar-refractivity contribution in [2.45, 2.75) is 30.8 Å². The van der Waals surface area contributed by atoms with E-state index in [2.05, 4.69) is 21.3 Å². The van der Waals surface area contributed by atoms with Gasteiger partial charge in [-0.25, -0.2) is 0 Å². The molecule has 1 aliphatic heterocycles. The summed E-state index contributed by atoms with van der Waals surface area (Å²) in [5.74, 6) is -5.22. The van der Waals surface area contributed by atoms with Crippen molar-refractivity contribution in [3.63, 3.8) is 0 Å². The maximum Gasteiger partial charge on any atom is 0.246 e. The highest BCUT2D eigenvalue weighted by atomic mass is 16.5. The van der Waals surface area contributed by atoms with Crippen molar-refractivity contribution < 1.29 is 38.3 Å². The van der Waals surface area contributed by atoms with Crippen molar-refractivity contribution in [3.05, 3.63) is 0 Å². The van der Waals surface area contributed by atoms with Crippen LogP contribution in [0, 0.1) is 0 Å². The average Bonchev–Trinajstić information content (AvgIpc) is 2.79. The molecule has 0 aromatic heterocycles. The number of nitrogens with one attached hydrogen (secondary N) is 4. The highest BCUT2D eigenvalue weighted by Gasteiger charge is 2.41. The first-order chi connectivity index (χ1) is 16.4. The Bertz CT molecular complexity index is 843. The van der Waals surface area contributed by atoms with Crippen molar-refractivity contribution in [3.8, 4) is 0 Å². The molecule has 0 spiro atoms. The molecule has 7 amide bonds. The zero-order valence-corrected chi connectivity index (χ0v) is 19.4. The lowest BCUT2D eigenvalue weighted by molar-refractivity contribution is -0.138. The number of nitrogens with two attached hydrogens (primary N) is 3. The number of carbonyl (C=O) groups is 7. The van der Waals surface area contributed by atoms with E-state index in [-0.39, 0.29) is 39.1 Å². The molecule has 16 nitrogen and oxygen atoms in total. The summed E-state index contributed by atoms with van der Waals surface area (Å²) in [5, 5.41) is 9.44. The SMILES string of the molecule is CN(CC(N)=O)C(=O)CNC(=O)C(CC(N)=O)NC(=O)CNC(=O)C1(NC(=O)CN)CCOCC1. The van der Waals surface area contributed by atoms with E-state index in [4.69, 9.17) is 21.9 Å². The van der Waals surface area contributed by atoms with Gasteiger partial charge in [0.1, 0.15) is 11.6 Å². The summed E-state index contributed by atoms with van der Waals surface area (Å²) < 4.78 is 5.23. The molecule has 196 valence electrons. The van der Waals surface area contributed by atoms with Crippen molar-refractivity contribution in [1.82, 2.24) is 26.2 Å². The van der Waals surface area contributed by atoms with Gasteiger partial charge in [0, 0.05) is 33.1 Å². The molecule has 1 unspecified atom stereocenters. The lowest BCUT2D eigenvalue weighted by atomic mass is 9.88. The normalized spacial score (nSPS) is 15.1. The maximum atomic E-state index is 12.8. The average molecular weight is 501 g/mol. The minimum absolute atomic E-state index is 0.164. The van der Waals surface area contributed by atoms with Crippen LogP contribution in [0.2, 0.25) is 0 Å². The molecule has 1 heterocycles. The predicted molar refractivity (Wildman–Crippen MR) is 119 cm³/mol. The van der Waals surface area contributed by atoms with Gasteiger partial charge in [-0.3, -0.25) is 33.6 Å². The summed E-state index contributed by atoms with van der Waals surface area (Å²) in [6.45, 7) is -1.40. The van der Waals surface area contributed by atoms with E-state index in [1.54, 1.807) is 0 Å². The number of carbonyl (C=O) groups excluding carboxylic acids is 7. The van der Waals surface area contributed by atoms with E-state index in [0.717, 1.165) is 4.90 Å². The molecular weight excluding hydrogens is 468 g/mol. The number of primary amides is 2. The van der Waals surface area contributed by atoms with Crippen LogP contribution in [0.15, 0.2) is 0 Å². The number of nitrogens with zero attached hydrogens (tertiary/aromatic N) is 1. The first-order valence-corrected chi connectivity index (χ1v) is 10.6. The van der Waals surface area contributed by atoms with Crippen molar-refractivity contribution >= 4 is 41.4 Å². The van der Waals surface area contributed by atoms with Crippen LogP contribution in [0.4, 0.5) is 0 Å². The number of hydrogen-bond acceptors (Lipinski definition) is 9. The molecule has 1 fully saturated rings. The van der Waals surface area contributed by atoms with E-state index in [1.807, 2.05) is 0 Å². The summed E-state index contributed by atoms with van der Waals surface area (Å²) in [6, 6.07) is -1.43. The highest BCUT2D eigenvalue weighted by molar-refractivity contribution is 5.96. The standard InChI is InChI=1S/C19H32N8O8/c1-27(10-13(22)29)16(32)9-23-17(33)11(6-12(21)28)25-15(31)8-24-18(34)19(26-14(30)7-20)2-4-35-5-3-19/h11H,2-10,20H2,1H3,(H2,21,28)(H2,22,29)(H,23,33)(H,24,34)(H,25,31)(H,26,30). The van der Waals surface area contributed by atoms with Crippen LogP contribution in [-0.4, -0.2) is 104 Å². The van der Waals surface area contributed by atoms with Crippen LogP contribution < -0.4 is 38.5 Å².